The molecule has 3 fully saturated rings. The fourth-order valence-electron chi connectivity index (χ4n) is 5.68. The van der Waals surface area contributed by atoms with Gasteiger partial charge in [-0.15, -0.1) is 11.8 Å². The van der Waals surface area contributed by atoms with Crippen LogP contribution < -0.4 is 14.4 Å². The summed E-state index contributed by atoms with van der Waals surface area (Å²) < 4.78 is 11.1. The number of carbonyl (C=O) groups is 2. The zero-order chi connectivity index (χ0) is 26.6. The molecule has 3 heterocycles. The van der Waals surface area contributed by atoms with E-state index in [2.05, 4.69) is 9.88 Å². The standard InChI is InChI=1S/C29H36N4O4S/c1-4-37-23-10-8-20(17-24(23)36-3)18-26-29(35)31(2)22-19-21(9-11-25(22)38-26)28(34)33-15-13-32(14-16-33)27-7-5-6-12-30-27/h5-8,10,12,17-18,21-22,25H,4,9,11,13-16,19H2,1-3H3/b26-18+. The zero-order valence-electron chi connectivity index (χ0n) is 22.3. The van der Waals surface area contributed by atoms with Crippen LogP contribution in [0.3, 0.4) is 0 Å². The second-order valence-electron chi connectivity index (χ2n) is 10.0. The minimum absolute atomic E-state index is 0.0150. The summed E-state index contributed by atoms with van der Waals surface area (Å²) in [5, 5.41) is 0.290. The maximum atomic E-state index is 13.4. The van der Waals surface area contributed by atoms with Gasteiger partial charge in [0.2, 0.25) is 5.91 Å². The van der Waals surface area contributed by atoms with Gasteiger partial charge in [0.25, 0.3) is 5.91 Å². The van der Waals surface area contributed by atoms with Gasteiger partial charge < -0.3 is 24.2 Å². The molecule has 5 rings (SSSR count). The van der Waals surface area contributed by atoms with E-state index in [1.807, 2.05) is 66.2 Å². The molecule has 0 N–H and O–H groups in total. The SMILES string of the molecule is CCOc1ccc(/C=C2/SC3CCC(C(=O)N4CCN(c5ccccn5)CC4)CC3N(C)C2=O)cc1OC. The van der Waals surface area contributed by atoms with Gasteiger partial charge in [0.1, 0.15) is 5.82 Å². The highest BCUT2D eigenvalue weighted by Crippen LogP contribution is 2.44. The van der Waals surface area contributed by atoms with Crippen LogP contribution in [0.5, 0.6) is 11.5 Å². The van der Waals surface area contributed by atoms with E-state index in [4.69, 9.17) is 9.47 Å². The van der Waals surface area contributed by atoms with Gasteiger partial charge in [-0.2, -0.15) is 0 Å². The number of aromatic nitrogens is 1. The molecule has 8 nitrogen and oxygen atoms in total. The first-order chi connectivity index (χ1) is 18.5. The number of fused-ring (bicyclic) bond motifs is 1. The molecule has 3 atom stereocenters. The van der Waals surface area contributed by atoms with Crippen LogP contribution in [0.4, 0.5) is 5.82 Å². The second-order valence-corrected chi connectivity index (χ2v) is 11.3. The van der Waals surface area contributed by atoms with E-state index in [1.54, 1.807) is 25.1 Å². The predicted molar refractivity (Wildman–Crippen MR) is 150 cm³/mol. The van der Waals surface area contributed by atoms with Gasteiger partial charge in [-0.25, -0.2) is 4.98 Å². The summed E-state index contributed by atoms with van der Waals surface area (Å²) in [6.07, 6.45) is 6.25. The quantitative estimate of drug-likeness (QED) is 0.518. The average Bonchev–Trinajstić information content (AvgIpc) is 2.96. The van der Waals surface area contributed by atoms with E-state index in [-0.39, 0.29) is 23.8 Å². The molecule has 9 heteroatoms. The van der Waals surface area contributed by atoms with Crippen LogP contribution in [0.25, 0.3) is 6.08 Å². The molecular formula is C29H36N4O4S. The molecule has 0 radical (unpaired) electrons. The van der Waals surface area contributed by atoms with E-state index in [9.17, 15) is 9.59 Å². The molecule has 3 unspecified atom stereocenters. The Hall–Kier alpha value is -3.20. The van der Waals surface area contributed by atoms with Crippen molar-refractivity contribution in [3.8, 4) is 11.5 Å². The molecule has 1 saturated carbocycles. The number of carbonyl (C=O) groups excluding carboxylic acids is 2. The summed E-state index contributed by atoms with van der Waals surface area (Å²) >= 11 is 1.66. The van der Waals surface area contributed by atoms with Gasteiger partial charge in [0.15, 0.2) is 11.5 Å². The van der Waals surface area contributed by atoms with Crippen molar-refractivity contribution < 1.29 is 19.1 Å². The lowest BCUT2D eigenvalue weighted by atomic mass is 9.83. The highest BCUT2D eigenvalue weighted by Gasteiger charge is 2.43. The van der Waals surface area contributed by atoms with E-state index in [0.717, 1.165) is 48.6 Å². The van der Waals surface area contributed by atoms with Crippen molar-refractivity contribution in [3.63, 3.8) is 0 Å². The van der Waals surface area contributed by atoms with Gasteiger partial charge in [-0.1, -0.05) is 12.1 Å². The molecule has 1 aliphatic carbocycles. The molecule has 38 heavy (non-hydrogen) atoms. The lowest BCUT2D eigenvalue weighted by molar-refractivity contribution is -0.139. The minimum Gasteiger partial charge on any atom is -0.493 e. The summed E-state index contributed by atoms with van der Waals surface area (Å²) in [7, 11) is 3.50. The van der Waals surface area contributed by atoms with Crippen LogP contribution in [0.1, 0.15) is 31.7 Å². The Morgan fingerprint density at radius 1 is 1.13 bits per heavy atom. The van der Waals surface area contributed by atoms with Crippen LogP contribution in [0.15, 0.2) is 47.5 Å². The number of thioether (sulfide) groups is 1. The molecule has 2 amide bonds. The average molecular weight is 537 g/mol. The number of benzene rings is 1. The molecule has 2 aromatic rings. The van der Waals surface area contributed by atoms with E-state index >= 15 is 0 Å². The molecule has 202 valence electrons. The maximum absolute atomic E-state index is 13.4. The zero-order valence-corrected chi connectivity index (χ0v) is 23.2. The lowest BCUT2D eigenvalue weighted by Gasteiger charge is -2.45. The summed E-state index contributed by atoms with van der Waals surface area (Å²) in [6.45, 7) is 5.50. The van der Waals surface area contributed by atoms with Crippen molar-refractivity contribution in [3.05, 3.63) is 53.1 Å². The van der Waals surface area contributed by atoms with Gasteiger partial charge in [0, 0.05) is 56.6 Å². The fraction of sp³-hybridized carbons (Fsp3) is 0.483. The van der Waals surface area contributed by atoms with E-state index < -0.39 is 0 Å². The normalized spacial score (nSPS) is 24.8. The molecule has 2 aliphatic heterocycles. The van der Waals surface area contributed by atoms with Crippen molar-refractivity contribution >= 4 is 35.5 Å². The number of rotatable bonds is 6. The Morgan fingerprint density at radius 2 is 1.95 bits per heavy atom. The van der Waals surface area contributed by atoms with Gasteiger partial charge in [-0.05, 0) is 62.1 Å². The monoisotopic (exact) mass is 536 g/mol. The fourth-order valence-corrected chi connectivity index (χ4v) is 7.16. The summed E-state index contributed by atoms with van der Waals surface area (Å²) in [5.41, 5.74) is 0.904. The third kappa shape index (κ3) is 5.48. The number of ether oxygens (including phenoxy) is 2. The molecule has 0 bridgehead atoms. The third-order valence-corrected chi connectivity index (χ3v) is 9.16. The highest BCUT2D eigenvalue weighted by molar-refractivity contribution is 8.04. The number of methoxy groups -OCH3 is 1. The Kier molecular flexibility index (Phi) is 8.12. The number of pyridine rings is 1. The third-order valence-electron chi connectivity index (χ3n) is 7.76. The van der Waals surface area contributed by atoms with Gasteiger partial charge in [0.05, 0.1) is 18.6 Å². The van der Waals surface area contributed by atoms with Crippen molar-refractivity contribution in [2.75, 3.05) is 51.8 Å². The highest BCUT2D eigenvalue weighted by atomic mass is 32.2. The van der Waals surface area contributed by atoms with Crippen LogP contribution in [-0.4, -0.2) is 84.8 Å². The summed E-state index contributed by atoms with van der Waals surface area (Å²) in [5.74, 6) is 2.53. The number of hydrogen-bond acceptors (Lipinski definition) is 7. The number of anilines is 1. The summed E-state index contributed by atoms with van der Waals surface area (Å²) in [4.78, 5) is 38.1. The van der Waals surface area contributed by atoms with Crippen molar-refractivity contribution in [2.24, 2.45) is 5.92 Å². The first-order valence-corrected chi connectivity index (χ1v) is 14.3. The molecule has 1 aromatic carbocycles. The molecule has 1 aromatic heterocycles. The largest absolute Gasteiger partial charge is 0.493 e. The van der Waals surface area contributed by atoms with Crippen molar-refractivity contribution in [1.29, 1.82) is 0 Å². The summed E-state index contributed by atoms with van der Waals surface area (Å²) in [6, 6.07) is 11.7. The van der Waals surface area contributed by atoms with Crippen LogP contribution in [0, 0.1) is 5.92 Å². The molecule has 0 spiro atoms. The topological polar surface area (TPSA) is 75.2 Å². The van der Waals surface area contributed by atoms with Crippen molar-refractivity contribution in [2.45, 2.75) is 37.5 Å². The van der Waals surface area contributed by atoms with Crippen molar-refractivity contribution in [1.82, 2.24) is 14.8 Å². The minimum atomic E-state index is -0.0330. The van der Waals surface area contributed by atoms with Gasteiger partial charge >= 0.3 is 0 Å². The van der Waals surface area contributed by atoms with Crippen LogP contribution >= 0.6 is 11.8 Å². The van der Waals surface area contributed by atoms with E-state index in [0.29, 0.717) is 36.4 Å². The molecular weight excluding hydrogens is 500 g/mol. The number of piperazine rings is 1. The Labute approximate surface area is 229 Å². The second kappa shape index (κ2) is 11.7. The molecule has 3 aliphatic rings. The maximum Gasteiger partial charge on any atom is 0.260 e. The molecule has 2 saturated heterocycles. The number of hydrogen-bond donors (Lipinski definition) is 0. The van der Waals surface area contributed by atoms with Crippen LogP contribution in [-0.2, 0) is 9.59 Å². The Morgan fingerprint density at radius 3 is 2.66 bits per heavy atom. The van der Waals surface area contributed by atoms with E-state index in [1.165, 1.54) is 0 Å². The number of nitrogens with zero attached hydrogens (tertiary/aromatic N) is 4. The van der Waals surface area contributed by atoms with Gasteiger partial charge in [-0.3, -0.25) is 9.59 Å². The Bertz CT molecular complexity index is 1180. The number of likely N-dealkylation sites (N-methyl/N-ethyl adjacent to an activating group) is 1. The number of amides is 2. The predicted octanol–water partition coefficient (Wildman–Crippen LogP) is 3.92. The lowest BCUT2D eigenvalue weighted by Crippen LogP contribution is -2.55. The smallest absolute Gasteiger partial charge is 0.260 e. The first-order valence-electron chi connectivity index (χ1n) is 13.4. The van der Waals surface area contributed by atoms with Crippen LogP contribution in [0.2, 0.25) is 0 Å². The first kappa shape index (κ1) is 26.4. The Balaban J connectivity index is 1.21.